The van der Waals surface area contributed by atoms with Crippen LogP contribution >= 0.6 is 0 Å². The van der Waals surface area contributed by atoms with Crippen molar-refractivity contribution < 1.29 is 14.4 Å². The van der Waals surface area contributed by atoms with Crippen LogP contribution in [0, 0.1) is 6.92 Å². The van der Waals surface area contributed by atoms with E-state index in [1.807, 2.05) is 18.2 Å². The van der Waals surface area contributed by atoms with Crippen molar-refractivity contribution in [2.75, 3.05) is 5.32 Å². The van der Waals surface area contributed by atoms with Gasteiger partial charge in [0.2, 0.25) is 5.91 Å². The number of nitrogens with one attached hydrogen (secondary N) is 1. The number of nitrogens with zero attached hydrogens (tertiary/aromatic N) is 3. The maximum Gasteiger partial charge on any atom is 0.295 e. The predicted molar refractivity (Wildman–Crippen MR) is 111 cm³/mol. The van der Waals surface area contributed by atoms with E-state index in [1.54, 1.807) is 55.1 Å². The molecule has 0 saturated carbocycles. The van der Waals surface area contributed by atoms with Crippen molar-refractivity contribution in [3.8, 4) is 5.69 Å². The molecule has 0 fully saturated rings. The largest absolute Gasteiger partial charge is 0.318 e. The Kier molecular flexibility index (Phi) is 4.62. The lowest BCUT2D eigenvalue weighted by atomic mass is 10.1. The van der Waals surface area contributed by atoms with Crippen molar-refractivity contribution in [3.05, 3.63) is 81.8 Å². The van der Waals surface area contributed by atoms with Crippen LogP contribution in [0.3, 0.4) is 0 Å². The minimum absolute atomic E-state index is 0.106. The van der Waals surface area contributed by atoms with Crippen LogP contribution < -0.4 is 10.9 Å². The molecular formula is C22H20N4O4. The van der Waals surface area contributed by atoms with Gasteiger partial charge in [0.1, 0.15) is 11.7 Å². The summed E-state index contributed by atoms with van der Waals surface area (Å²) >= 11 is 0. The molecule has 2 aromatic carbocycles. The highest BCUT2D eigenvalue weighted by Gasteiger charge is 2.40. The van der Waals surface area contributed by atoms with Gasteiger partial charge in [-0.3, -0.25) is 28.8 Å². The molecule has 0 aliphatic carbocycles. The molecule has 1 N–H and O–H groups in total. The topological polar surface area (TPSA) is 93.4 Å². The van der Waals surface area contributed by atoms with Crippen LogP contribution in [0.1, 0.15) is 33.3 Å². The Hall–Kier alpha value is -3.94. The van der Waals surface area contributed by atoms with Gasteiger partial charge in [-0.15, -0.1) is 0 Å². The number of carbonyl (C=O) groups is 3. The Labute approximate surface area is 172 Å². The zero-order valence-corrected chi connectivity index (χ0v) is 16.7. The molecule has 8 nitrogen and oxygen atoms in total. The number of aromatic nitrogens is 2. The fourth-order valence-corrected chi connectivity index (χ4v) is 3.62. The van der Waals surface area contributed by atoms with Crippen LogP contribution in [0.5, 0.6) is 0 Å². The van der Waals surface area contributed by atoms with Crippen LogP contribution in [-0.4, -0.2) is 38.0 Å². The fourth-order valence-electron chi connectivity index (χ4n) is 3.62. The summed E-state index contributed by atoms with van der Waals surface area (Å²) in [5.74, 6) is -1.66. The number of imide groups is 1. The number of hydrogen-bond donors (Lipinski definition) is 1. The normalized spacial score (nSPS) is 14.0. The molecule has 1 aliphatic heterocycles. The summed E-state index contributed by atoms with van der Waals surface area (Å²) in [4.78, 5) is 52.1. The van der Waals surface area contributed by atoms with Crippen molar-refractivity contribution in [3.63, 3.8) is 0 Å². The van der Waals surface area contributed by atoms with E-state index in [0.717, 1.165) is 4.90 Å². The summed E-state index contributed by atoms with van der Waals surface area (Å²) in [6.07, 6.45) is 0. The highest BCUT2D eigenvalue weighted by Crippen LogP contribution is 2.25. The lowest BCUT2D eigenvalue weighted by Gasteiger charge is -2.21. The summed E-state index contributed by atoms with van der Waals surface area (Å²) in [6, 6.07) is 14.4. The number of para-hydroxylation sites is 1. The third-order valence-corrected chi connectivity index (χ3v) is 5.39. The van der Waals surface area contributed by atoms with Crippen molar-refractivity contribution in [2.45, 2.75) is 19.9 Å². The molecule has 0 unspecified atom stereocenters. The predicted octanol–water partition coefficient (Wildman–Crippen LogP) is 2.11. The number of amides is 3. The first-order valence-corrected chi connectivity index (χ1v) is 9.44. The van der Waals surface area contributed by atoms with E-state index in [9.17, 15) is 19.2 Å². The van der Waals surface area contributed by atoms with Gasteiger partial charge in [-0.1, -0.05) is 30.3 Å². The first-order chi connectivity index (χ1) is 14.3. The molecule has 0 spiro atoms. The SMILES string of the molecule is Cc1c(NC(=O)[C@H](C)N2C(=O)c3ccccc3C2=O)c(=O)n(-c2ccccc2)n1C. The Morgan fingerprint density at radius 3 is 2.00 bits per heavy atom. The zero-order valence-electron chi connectivity index (χ0n) is 16.7. The van der Waals surface area contributed by atoms with Crippen LogP contribution in [0.25, 0.3) is 5.69 Å². The standard InChI is InChI=1S/C22H20N4O4/c1-13-18(22(30)26(24(13)3)15-9-5-4-6-10-15)23-19(27)14(2)25-20(28)16-11-7-8-12-17(16)21(25)29/h4-12,14H,1-3H3,(H,23,27)/t14-/m0/s1. The smallest absolute Gasteiger partial charge is 0.295 e. The molecule has 1 aromatic heterocycles. The van der Waals surface area contributed by atoms with Crippen molar-refractivity contribution in [1.82, 2.24) is 14.3 Å². The second kappa shape index (κ2) is 7.14. The molecule has 152 valence electrons. The van der Waals surface area contributed by atoms with Crippen LogP contribution in [0.4, 0.5) is 5.69 Å². The molecule has 0 radical (unpaired) electrons. The Bertz CT molecular complexity index is 1200. The van der Waals surface area contributed by atoms with Gasteiger partial charge >= 0.3 is 0 Å². The summed E-state index contributed by atoms with van der Waals surface area (Å²) in [6.45, 7) is 3.17. The van der Waals surface area contributed by atoms with Gasteiger partial charge in [0.15, 0.2) is 0 Å². The van der Waals surface area contributed by atoms with E-state index >= 15 is 0 Å². The summed E-state index contributed by atoms with van der Waals surface area (Å²) < 4.78 is 3.08. The van der Waals surface area contributed by atoms with Crippen LogP contribution in [-0.2, 0) is 11.8 Å². The Balaban J connectivity index is 1.63. The second-order valence-electron chi connectivity index (χ2n) is 7.13. The molecule has 30 heavy (non-hydrogen) atoms. The summed E-state index contributed by atoms with van der Waals surface area (Å²) in [5, 5.41) is 2.61. The second-order valence-corrected chi connectivity index (χ2v) is 7.13. The minimum atomic E-state index is -1.08. The van der Waals surface area contributed by atoms with E-state index < -0.39 is 29.3 Å². The summed E-state index contributed by atoms with van der Waals surface area (Å²) in [5.41, 5.74) is 1.45. The molecule has 1 atom stereocenters. The van der Waals surface area contributed by atoms with Gasteiger partial charge in [-0.2, -0.15) is 0 Å². The molecule has 3 aromatic rings. The van der Waals surface area contributed by atoms with Crippen molar-refractivity contribution in [1.29, 1.82) is 0 Å². The van der Waals surface area contributed by atoms with Crippen molar-refractivity contribution in [2.24, 2.45) is 7.05 Å². The van der Waals surface area contributed by atoms with Gasteiger partial charge in [0, 0.05) is 7.05 Å². The van der Waals surface area contributed by atoms with E-state index in [0.29, 0.717) is 11.4 Å². The average molecular weight is 404 g/mol. The first kappa shape index (κ1) is 19.4. The maximum atomic E-state index is 13.0. The van der Waals surface area contributed by atoms with Crippen LogP contribution in [0.15, 0.2) is 59.4 Å². The molecule has 0 saturated heterocycles. The lowest BCUT2D eigenvalue weighted by Crippen LogP contribution is -2.45. The molecule has 8 heteroatoms. The van der Waals surface area contributed by atoms with Gasteiger partial charge in [0.25, 0.3) is 17.4 Å². The molecule has 3 amide bonds. The number of rotatable bonds is 4. The Morgan fingerprint density at radius 1 is 0.900 bits per heavy atom. The summed E-state index contributed by atoms with van der Waals surface area (Å²) in [7, 11) is 1.72. The van der Waals surface area contributed by atoms with Crippen LogP contribution in [0.2, 0.25) is 0 Å². The first-order valence-electron chi connectivity index (χ1n) is 9.44. The molecular weight excluding hydrogens is 384 g/mol. The van der Waals surface area contributed by atoms with E-state index in [1.165, 1.54) is 11.6 Å². The lowest BCUT2D eigenvalue weighted by molar-refractivity contribution is -0.119. The molecule has 0 bridgehead atoms. The Morgan fingerprint density at radius 2 is 1.43 bits per heavy atom. The van der Waals surface area contributed by atoms with Gasteiger partial charge in [-0.25, -0.2) is 4.68 Å². The fraction of sp³-hybridized carbons (Fsp3) is 0.182. The van der Waals surface area contributed by atoms with E-state index in [-0.39, 0.29) is 16.8 Å². The quantitative estimate of drug-likeness (QED) is 0.674. The third-order valence-electron chi connectivity index (χ3n) is 5.39. The van der Waals surface area contributed by atoms with Crippen molar-refractivity contribution >= 4 is 23.4 Å². The highest BCUT2D eigenvalue weighted by molar-refractivity contribution is 6.23. The number of hydrogen-bond acceptors (Lipinski definition) is 4. The number of anilines is 1. The monoisotopic (exact) mass is 404 g/mol. The highest BCUT2D eigenvalue weighted by atomic mass is 16.2. The third kappa shape index (κ3) is 2.85. The molecule has 4 rings (SSSR count). The molecule has 2 heterocycles. The van der Waals surface area contributed by atoms with E-state index in [2.05, 4.69) is 5.32 Å². The molecule has 1 aliphatic rings. The van der Waals surface area contributed by atoms with E-state index in [4.69, 9.17) is 0 Å². The number of fused-ring (bicyclic) bond motifs is 1. The number of benzene rings is 2. The maximum absolute atomic E-state index is 13.0. The average Bonchev–Trinajstić information content (AvgIpc) is 3.13. The zero-order chi connectivity index (χ0) is 21.6. The van der Waals surface area contributed by atoms with Gasteiger partial charge < -0.3 is 5.32 Å². The van der Waals surface area contributed by atoms with Gasteiger partial charge in [0.05, 0.1) is 22.5 Å². The van der Waals surface area contributed by atoms with Gasteiger partial charge in [-0.05, 0) is 38.1 Å². The minimum Gasteiger partial charge on any atom is -0.318 e. The number of carbonyl (C=O) groups excluding carboxylic acids is 3.